The number of hydrogen-bond acceptors (Lipinski definition) is 3. The van der Waals surface area contributed by atoms with Crippen LogP contribution >= 0.6 is 23.2 Å². The monoisotopic (exact) mass is 322 g/mol. The molecule has 3 rings (SSSR count). The highest BCUT2D eigenvalue weighted by Crippen LogP contribution is 2.45. The second-order valence-corrected chi connectivity index (χ2v) is 5.85. The third-order valence-corrected chi connectivity index (χ3v) is 4.17. The highest BCUT2D eigenvalue weighted by atomic mass is 35.5. The highest BCUT2D eigenvalue weighted by molar-refractivity contribution is 6.31. The van der Waals surface area contributed by atoms with E-state index in [0.29, 0.717) is 32.7 Å². The van der Waals surface area contributed by atoms with E-state index in [2.05, 4.69) is 10.3 Å². The number of methoxy groups -OCH3 is 1. The normalized spacial score (nSPS) is 20.1. The van der Waals surface area contributed by atoms with Crippen molar-refractivity contribution in [1.82, 2.24) is 4.98 Å². The Bertz CT molecular complexity index is 748. The molecule has 0 fully saturated rings. The zero-order chi connectivity index (χ0) is 15.2. The van der Waals surface area contributed by atoms with Gasteiger partial charge in [-0.1, -0.05) is 23.2 Å². The van der Waals surface area contributed by atoms with E-state index in [1.165, 1.54) is 6.20 Å². The first-order valence-electron chi connectivity index (χ1n) is 6.28. The van der Waals surface area contributed by atoms with Gasteiger partial charge in [-0.3, -0.25) is 9.78 Å². The van der Waals surface area contributed by atoms with Crippen LogP contribution in [-0.2, 0) is 10.2 Å². The Hall–Kier alpha value is -1.78. The van der Waals surface area contributed by atoms with Crippen LogP contribution in [-0.4, -0.2) is 18.0 Å². The molecule has 1 aromatic heterocycles. The van der Waals surface area contributed by atoms with E-state index in [1.54, 1.807) is 38.3 Å². The van der Waals surface area contributed by atoms with Crippen molar-refractivity contribution in [2.45, 2.75) is 12.3 Å². The number of ether oxygens (including phenoxy) is 1. The molecule has 0 spiro atoms. The Balaban J connectivity index is 2.27. The Morgan fingerprint density at radius 3 is 2.71 bits per heavy atom. The summed E-state index contributed by atoms with van der Waals surface area (Å²) in [6, 6.07) is 6.87. The van der Waals surface area contributed by atoms with Gasteiger partial charge in [0.2, 0.25) is 5.91 Å². The number of halogens is 2. The third-order valence-electron chi connectivity index (χ3n) is 3.73. The van der Waals surface area contributed by atoms with Crippen molar-refractivity contribution in [3.63, 3.8) is 0 Å². The summed E-state index contributed by atoms with van der Waals surface area (Å²) >= 11 is 12.0. The van der Waals surface area contributed by atoms with Crippen LogP contribution < -0.4 is 10.1 Å². The number of pyridine rings is 1. The minimum absolute atomic E-state index is 0.187. The quantitative estimate of drug-likeness (QED) is 0.918. The number of aromatic nitrogens is 1. The fourth-order valence-corrected chi connectivity index (χ4v) is 2.94. The third kappa shape index (κ3) is 2.06. The van der Waals surface area contributed by atoms with Gasteiger partial charge in [0.1, 0.15) is 11.2 Å². The van der Waals surface area contributed by atoms with E-state index in [1.807, 2.05) is 0 Å². The van der Waals surface area contributed by atoms with E-state index in [-0.39, 0.29) is 5.91 Å². The molecule has 2 aromatic rings. The van der Waals surface area contributed by atoms with Crippen molar-refractivity contribution in [2.24, 2.45) is 0 Å². The molecule has 1 aliphatic rings. The van der Waals surface area contributed by atoms with Gasteiger partial charge in [0.05, 0.1) is 23.5 Å². The first-order valence-corrected chi connectivity index (χ1v) is 7.04. The standard InChI is InChI=1S/C15H12Cl2N2O2/c1-15(10-5-8(16)3-4-12(10)21-2)13-11(19-14(15)20)6-9(17)7-18-13/h3-7H,1-2H3,(H,19,20)/t15-/m0/s1. The van der Waals surface area contributed by atoms with Crippen molar-refractivity contribution >= 4 is 34.8 Å². The molecule has 1 amide bonds. The summed E-state index contributed by atoms with van der Waals surface area (Å²) in [5.74, 6) is 0.398. The molecule has 1 aromatic carbocycles. The van der Waals surface area contributed by atoms with Crippen molar-refractivity contribution < 1.29 is 9.53 Å². The van der Waals surface area contributed by atoms with E-state index in [0.717, 1.165) is 0 Å². The van der Waals surface area contributed by atoms with E-state index < -0.39 is 5.41 Å². The Kier molecular flexibility index (Phi) is 3.30. The minimum atomic E-state index is -0.976. The van der Waals surface area contributed by atoms with Crippen LogP contribution in [0, 0.1) is 0 Å². The minimum Gasteiger partial charge on any atom is -0.496 e. The number of carbonyl (C=O) groups is 1. The van der Waals surface area contributed by atoms with E-state index in [4.69, 9.17) is 27.9 Å². The predicted molar refractivity (Wildman–Crippen MR) is 82.3 cm³/mol. The molecule has 0 bridgehead atoms. The molecule has 1 atom stereocenters. The van der Waals surface area contributed by atoms with Crippen LogP contribution in [0.4, 0.5) is 5.69 Å². The van der Waals surface area contributed by atoms with Gasteiger partial charge in [0.15, 0.2) is 0 Å². The Labute approximate surface area is 132 Å². The largest absolute Gasteiger partial charge is 0.496 e. The topological polar surface area (TPSA) is 51.2 Å². The van der Waals surface area contributed by atoms with Crippen LogP contribution in [0.1, 0.15) is 18.2 Å². The van der Waals surface area contributed by atoms with E-state index >= 15 is 0 Å². The van der Waals surface area contributed by atoms with Crippen LogP contribution in [0.2, 0.25) is 10.0 Å². The van der Waals surface area contributed by atoms with E-state index in [9.17, 15) is 4.79 Å². The number of anilines is 1. The molecule has 0 unspecified atom stereocenters. The highest BCUT2D eigenvalue weighted by Gasteiger charge is 2.47. The number of benzene rings is 1. The smallest absolute Gasteiger partial charge is 0.241 e. The molecule has 108 valence electrons. The summed E-state index contributed by atoms with van der Waals surface area (Å²) in [5, 5.41) is 3.81. The number of nitrogens with one attached hydrogen (secondary N) is 1. The predicted octanol–water partition coefficient (Wildman–Crippen LogP) is 3.66. The molecule has 4 nitrogen and oxygen atoms in total. The molecule has 0 aliphatic carbocycles. The zero-order valence-corrected chi connectivity index (χ0v) is 12.9. The van der Waals surface area contributed by atoms with Gasteiger partial charge in [-0.05, 0) is 31.2 Å². The summed E-state index contributed by atoms with van der Waals surface area (Å²) < 4.78 is 5.37. The van der Waals surface area contributed by atoms with Gasteiger partial charge in [-0.2, -0.15) is 0 Å². The zero-order valence-electron chi connectivity index (χ0n) is 11.4. The maximum absolute atomic E-state index is 12.6. The summed E-state index contributed by atoms with van der Waals surface area (Å²) in [7, 11) is 1.55. The van der Waals surface area contributed by atoms with Gasteiger partial charge >= 0.3 is 0 Å². The number of rotatable bonds is 2. The van der Waals surface area contributed by atoms with Crippen molar-refractivity contribution in [2.75, 3.05) is 12.4 Å². The lowest BCUT2D eigenvalue weighted by Crippen LogP contribution is -2.33. The molecule has 6 heteroatoms. The average molecular weight is 323 g/mol. The average Bonchev–Trinajstić information content (AvgIpc) is 2.70. The number of hydrogen-bond donors (Lipinski definition) is 1. The first kappa shape index (κ1) is 14.2. The maximum atomic E-state index is 12.6. The lowest BCUT2D eigenvalue weighted by Gasteiger charge is -2.24. The number of amides is 1. The molecular formula is C15H12Cl2N2O2. The number of nitrogens with zero attached hydrogens (tertiary/aromatic N) is 1. The van der Waals surface area contributed by atoms with Gasteiger partial charge in [-0.25, -0.2) is 0 Å². The summed E-state index contributed by atoms with van der Waals surface area (Å²) in [6.07, 6.45) is 1.52. The first-order chi connectivity index (χ1) is 9.96. The Morgan fingerprint density at radius 1 is 1.24 bits per heavy atom. The van der Waals surface area contributed by atoms with Crippen LogP contribution in [0.25, 0.3) is 0 Å². The molecule has 0 saturated heterocycles. The van der Waals surface area contributed by atoms with Crippen molar-refractivity contribution in [3.8, 4) is 5.75 Å². The number of carbonyl (C=O) groups excluding carboxylic acids is 1. The fraction of sp³-hybridized carbons (Fsp3) is 0.200. The van der Waals surface area contributed by atoms with Gasteiger partial charge < -0.3 is 10.1 Å². The molecular weight excluding hydrogens is 311 g/mol. The molecule has 1 aliphatic heterocycles. The summed E-state index contributed by atoms with van der Waals surface area (Å²) in [5.41, 5.74) is 0.911. The van der Waals surface area contributed by atoms with Crippen molar-refractivity contribution in [1.29, 1.82) is 0 Å². The fourth-order valence-electron chi connectivity index (χ4n) is 2.61. The summed E-state index contributed by atoms with van der Waals surface area (Å²) in [6.45, 7) is 1.79. The van der Waals surface area contributed by atoms with Gasteiger partial charge in [0, 0.05) is 16.8 Å². The lowest BCUT2D eigenvalue weighted by atomic mass is 9.79. The SMILES string of the molecule is COc1ccc(Cl)cc1[C@]1(C)C(=O)Nc2cc(Cl)cnc21. The Morgan fingerprint density at radius 2 is 2.00 bits per heavy atom. The lowest BCUT2D eigenvalue weighted by molar-refractivity contribution is -0.119. The molecule has 0 saturated carbocycles. The van der Waals surface area contributed by atoms with Crippen molar-refractivity contribution in [3.05, 3.63) is 51.8 Å². The van der Waals surface area contributed by atoms with Gasteiger partial charge in [-0.15, -0.1) is 0 Å². The molecule has 2 heterocycles. The summed E-state index contributed by atoms with van der Waals surface area (Å²) in [4.78, 5) is 16.9. The molecule has 21 heavy (non-hydrogen) atoms. The van der Waals surface area contributed by atoms with Crippen LogP contribution in [0.5, 0.6) is 5.75 Å². The molecule has 1 N–H and O–H groups in total. The van der Waals surface area contributed by atoms with Crippen LogP contribution in [0.3, 0.4) is 0 Å². The van der Waals surface area contributed by atoms with Gasteiger partial charge in [0.25, 0.3) is 0 Å². The second kappa shape index (κ2) is 4.90. The second-order valence-electron chi connectivity index (χ2n) is 4.97. The van der Waals surface area contributed by atoms with Crippen LogP contribution in [0.15, 0.2) is 30.5 Å². The number of fused-ring (bicyclic) bond motifs is 1. The maximum Gasteiger partial charge on any atom is 0.241 e. The molecule has 0 radical (unpaired) electrons.